The van der Waals surface area contributed by atoms with Gasteiger partial charge in [-0.25, -0.2) is 0 Å². The Morgan fingerprint density at radius 2 is 1.97 bits per heavy atom. The highest BCUT2D eigenvalue weighted by Crippen LogP contribution is 2.68. The van der Waals surface area contributed by atoms with Crippen LogP contribution in [0.1, 0.15) is 77.3 Å². The van der Waals surface area contributed by atoms with Crippen molar-refractivity contribution in [3.63, 3.8) is 0 Å². The molecule has 0 spiro atoms. The number of carbonyl (C=O) groups is 1. The highest BCUT2D eigenvalue weighted by molar-refractivity contribution is 5.82. The number of fused-ring (bicyclic) bond motifs is 5. The zero-order valence-electron chi connectivity index (χ0n) is 20.3. The molecule has 0 radical (unpaired) electrons. The van der Waals surface area contributed by atoms with Gasteiger partial charge in [0.2, 0.25) is 0 Å². The molecule has 6 nitrogen and oxygen atoms in total. The Hall–Kier alpha value is -1.27. The van der Waals surface area contributed by atoms with Gasteiger partial charge in [-0.2, -0.15) is 15.0 Å². The molecular formula is C26H41N3O3. The molecule has 5 rings (SSSR count). The number of aromatic nitrogens is 3. The quantitative estimate of drug-likeness (QED) is 0.738. The average molecular weight is 444 g/mol. The summed E-state index contributed by atoms with van der Waals surface area (Å²) in [6, 6.07) is 0. The van der Waals surface area contributed by atoms with Crippen LogP contribution in [0.15, 0.2) is 6.20 Å². The predicted molar refractivity (Wildman–Crippen MR) is 122 cm³/mol. The summed E-state index contributed by atoms with van der Waals surface area (Å²) in [6.07, 6.45) is 11.6. The van der Waals surface area contributed by atoms with Gasteiger partial charge in [0.1, 0.15) is 6.54 Å². The van der Waals surface area contributed by atoms with E-state index < -0.39 is 5.60 Å². The van der Waals surface area contributed by atoms with Gasteiger partial charge in [-0.1, -0.05) is 6.92 Å². The molecule has 0 amide bonds. The van der Waals surface area contributed by atoms with Crippen LogP contribution in [-0.4, -0.2) is 45.2 Å². The van der Waals surface area contributed by atoms with E-state index in [1.54, 1.807) is 11.0 Å². The number of nitrogens with zero attached hydrogens (tertiary/aromatic N) is 3. The molecule has 0 unspecified atom stereocenters. The van der Waals surface area contributed by atoms with Gasteiger partial charge in [0, 0.05) is 13.0 Å². The van der Waals surface area contributed by atoms with E-state index in [1.165, 1.54) is 25.7 Å². The van der Waals surface area contributed by atoms with Gasteiger partial charge >= 0.3 is 0 Å². The first-order valence-corrected chi connectivity index (χ1v) is 12.8. The van der Waals surface area contributed by atoms with E-state index in [4.69, 9.17) is 4.74 Å². The first-order valence-electron chi connectivity index (χ1n) is 12.8. The number of Topliss-reactive ketones (excluding diaryl/α,β-unsaturated/α-hetero) is 1. The summed E-state index contributed by atoms with van der Waals surface area (Å²) in [4.78, 5) is 14.9. The molecule has 0 saturated heterocycles. The van der Waals surface area contributed by atoms with Crippen LogP contribution in [0.2, 0.25) is 0 Å². The Morgan fingerprint density at radius 3 is 2.69 bits per heavy atom. The van der Waals surface area contributed by atoms with Gasteiger partial charge in [-0.05, 0) is 106 Å². The summed E-state index contributed by atoms with van der Waals surface area (Å²) in [5.74, 6) is 2.98. The lowest BCUT2D eigenvalue weighted by Crippen LogP contribution is -2.58. The molecule has 6 heteroatoms. The van der Waals surface area contributed by atoms with E-state index in [0.717, 1.165) is 44.4 Å². The molecule has 4 saturated carbocycles. The zero-order valence-corrected chi connectivity index (χ0v) is 20.3. The van der Waals surface area contributed by atoms with Gasteiger partial charge in [-0.3, -0.25) is 4.79 Å². The number of ketones is 1. The molecule has 4 aliphatic rings. The average Bonchev–Trinajstić information content (AvgIpc) is 3.30. The van der Waals surface area contributed by atoms with Gasteiger partial charge in [0.05, 0.1) is 24.1 Å². The monoisotopic (exact) mass is 443 g/mol. The van der Waals surface area contributed by atoms with Crippen molar-refractivity contribution in [1.82, 2.24) is 15.0 Å². The molecule has 1 aromatic rings. The lowest BCUT2D eigenvalue weighted by molar-refractivity contribution is -0.175. The van der Waals surface area contributed by atoms with Crippen LogP contribution in [0.5, 0.6) is 0 Å². The van der Waals surface area contributed by atoms with Crippen LogP contribution in [-0.2, 0) is 16.1 Å². The zero-order chi connectivity index (χ0) is 22.7. The second-order valence-corrected chi connectivity index (χ2v) is 12.2. The molecule has 1 N–H and O–H groups in total. The van der Waals surface area contributed by atoms with Crippen LogP contribution < -0.4 is 0 Å². The molecule has 8 atom stereocenters. The number of carbonyl (C=O) groups excluding carboxylic acids is 1. The second-order valence-electron chi connectivity index (χ2n) is 12.2. The SMILES string of the molecule is COC[C@]12CC[C@@](C)(O)C[C@@H]1CC[C@H]1[C@@H]3CC[C@H](C(=O)Cn4ncc(C)n4)[C@@]3(C)CC[C@@H]12. The largest absolute Gasteiger partial charge is 0.390 e. The second kappa shape index (κ2) is 7.90. The van der Waals surface area contributed by atoms with Crippen molar-refractivity contribution in [2.75, 3.05) is 13.7 Å². The number of aryl methyl sites for hydroxylation is 1. The Labute approximate surface area is 192 Å². The number of methoxy groups -OCH3 is 1. The third-order valence-electron chi connectivity index (χ3n) is 10.4. The minimum absolute atomic E-state index is 0.0989. The highest BCUT2D eigenvalue weighted by Gasteiger charge is 2.63. The van der Waals surface area contributed by atoms with Gasteiger partial charge in [0.15, 0.2) is 5.78 Å². The lowest BCUT2D eigenvalue weighted by atomic mass is 9.43. The third kappa shape index (κ3) is 3.48. The number of hydrogen-bond acceptors (Lipinski definition) is 5. The Morgan fingerprint density at radius 1 is 1.16 bits per heavy atom. The molecule has 0 bridgehead atoms. The van der Waals surface area contributed by atoms with Crippen LogP contribution in [0.25, 0.3) is 0 Å². The van der Waals surface area contributed by atoms with E-state index in [9.17, 15) is 9.90 Å². The van der Waals surface area contributed by atoms with Crippen molar-refractivity contribution >= 4 is 5.78 Å². The van der Waals surface area contributed by atoms with Crippen LogP contribution >= 0.6 is 0 Å². The molecule has 178 valence electrons. The minimum Gasteiger partial charge on any atom is -0.390 e. The van der Waals surface area contributed by atoms with Crippen molar-refractivity contribution in [2.24, 2.45) is 40.4 Å². The smallest absolute Gasteiger partial charge is 0.159 e. The van der Waals surface area contributed by atoms with Gasteiger partial charge in [0.25, 0.3) is 0 Å². The first-order chi connectivity index (χ1) is 15.2. The van der Waals surface area contributed by atoms with E-state index in [2.05, 4.69) is 17.1 Å². The summed E-state index contributed by atoms with van der Waals surface area (Å²) in [7, 11) is 1.85. The van der Waals surface area contributed by atoms with Crippen LogP contribution in [0.3, 0.4) is 0 Å². The molecule has 1 aromatic heterocycles. The third-order valence-corrected chi connectivity index (χ3v) is 10.4. The molecule has 1 heterocycles. The van der Waals surface area contributed by atoms with Gasteiger partial charge in [-0.15, -0.1) is 0 Å². The lowest BCUT2D eigenvalue weighted by Gasteiger charge is -2.62. The number of rotatable bonds is 5. The van der Waals surface area contributed by atoms with E-state index >= 15 is 0 Å². The summed E-state index contributed by atoms with van der Waals surface area (Å²) < 4.78 is 5.87. The van der Waals surface area contributed by atoms with Crippen molar-refractivity contribution in [3.05, 3.63) is 11.9 Å². The maximum atomic E-state index is 13.4. The first kappa shape index (κ1) is 22.5. The van der Waals surface area contributed by atoms with E-state index in [1.807, 2.05) is 21.0 Å². The summed E-state index contributed by atoms with van der Waals surface area (Å²) in [5, 5.41) is 19.4. The van der Waals surface area contributed by atoms with E-state index in [-0.39, 0.29) is 16.7 Å². The van der Waals surface area contributed by atoms with Crippen molar-refractivity contribution in [2.45, 2.75) is 90.7 Å². The molecule has 0 aromatic carbocycles. The molecule has 4 aliphatic carbocycles. The number of ether oxygens (including phenoxy) is 1. The summed E-state index contributed by atoms with van der Waals surface area (Å²) >= 11 is 0. The molecule has 32 heavy (non-hydrogen) atoms. The summed E-state index contributed by atoms with van der Waals surface area (Å²) in [6.45, 7) is 7.48. The Kier molecular flexibility index (Phi) is 5.56. The number of hydrogen-bond donors (Lipinski definition) is 1. The van der Waals surface area contributed by atoms with Gasteiger partial charge < -0.3 is 9.84 Å². The molecule has 0 aliphatic heterocycles. The predicted octanol–water partition coefficient (Wildman–Crippen LogP) is 4.19. The Bertz CT molecular complexity index is 866. The summed E-state index contributed by atoms with van der Waals surface area (Å²) in [5.41, 5.74) is 0.643. The minimum atomic E-state index is -0.526. The van der Waals surface area contributed by atoms with Crippen LogP contribution in [0, 0.1) is 47.3 Å². The maximum Gasteiger partial charge on any atom is 0.159 e. The maximum absolute atomic E-state index is 13.4. The van der Waals surface area contributed by atoms with E-state index in [0.29, 0.717) is 36.0 Å². The van der Waals surface area contributed by atoms with Crippen molar-refractivity contribution in [1.29, 1.82) is 0 Å². The number of aliphatic hydroxyl groups is 1. The highest BCUT2D eigenvalue weighted by atomic mass is 16.5. The molecule has 4 fully saturated rings. The van der Waals surface area contributed by atoms with Crippen LogP contribution in [0.4, 0.5) is 0 Å². The molecular weight excluding hydrogens is 402 g/mol. The Balaban J connectivity index is 1.37. The van der Waals surface area contributed by atoms with Crippen molar-refractivity contribution < 1.29 is 14.6 Å². The normalized spacial score (nSPS) is 45.7. The fourth-order valence-electron chi connectivity index (χ4n) is 9.02. The fraction of sp³-hybridized carbons (Fsp3) is 0.885. The fourth-order valence-corrected chi connectivity index (χ4v) is 9.02. The van der Waals surface area contributed by atoms with Crippen molar-refractivity contribution in [3.8, 4) is 0 Å². The topological polar surface area (TPSA) is 77.2 Å². The standard InChI is InChI=1S/C26H41N3O3/c1-17-14-27-29(28-17)15-23(30)22-8-7-20-19-6-5-18-13-24(2,31)11-12-26(18,16-32-4)21(19)9-10-25(20,22)3/h14,18-22,31H,5-13,15-16H2,1-4H3/t18-,19-,20-,21-,22+,24+,25-,26+/m0/s1.